The van der Waals surface area contributed by atoms with Gasteiger partial charge in [-0.15, -0.1) is 0 Å². The molecule has 0 fully saturated rings. The van der Waals surface area contributed by atoms with Gasteiger partial charge in [0.15, 0.2) is 0 Å². The molecule has 100 valence electrons. The first-order chi connectivity index (χ1) is 8.66. The van der Waals surface area contributed by atoms with Crippen molar-refractivity contribution < 1.29 is 9.90 Å². The molecule has 0 amide bonds. The summed E-state index contributed by atoms with van der Waals surface area (Å²) in [5.74, 6) is -1.03. The molecule has 1 unspecified atom stereocenters. The molecule has 18 heavy (non-hydrogen) atoms. The molecular weight excluding hydrogens is 224 g/mol. The van der Waals surface area contributed by atoms with Gasteiger partial charge >= 0.3 is 5.97 Å². The largest absolute Gasteiger partial charge is 0.481 e. The average Bonchev–Trinajstić information content (AvgIpc) is 2.35. The summed E-state index contributed by atoms with van der Waals surface area (Å²) in [6.45, 7) is 4.18. The van der Waals surface area contributed by atoms with E-state index in [4.69, 9.17) is 0 Å². The Morgan fingerprint density at radius 1 is 1.17 bits per heavy atom. The third-order valence-electron chi connectivity index (χ3n) is 3.46. The summed E-state index contributed by atoms with van der Waals surface area (Å²) in [4.78, 5) is 11.4. The molecule has 0 spiro atoms. The fourth-order valence-electron chi connectivity index (χ4n) is 2.34. The van der Waals surface area contributed by atoms with E-state index < -0.39 is 5.97 Å². The molecule has 0 bridgehead atoms. The Labute approximate surface area is 110 Å². The molecule has 1 atom stereocenters. The fourth-order valence-corrected chi connectivity index (χ4v) is 2.34. The van der Waals surface area contributed by atoms with Crippen LogP contribution in [0.2, 0.25) is 0 Å². The van der Waals surface area contributed by atoms with Gasteiger partial charge in [0.25, 0.3) is 0 Å². The summed E-state index contributed by atoms with van der Waals surface area (Å²) >= 11 is 0. The average molecular weight is 248 g/mol. The summed E-state index contributed by atoms with van der Waals surface area (Å²) in [7, 11) is 0. The van der Waals surface area contributed by atoms with Crippen molar-refractivity contribution in [2.45, 2.75) is 58.3 Å². The summed E-state index contributed by atoms with van der Waals surface area (Å²) in [5, 5.41) is 9.35. The quantitative estimate of drug-likeness (QED) is 0.686. The number of carbonyl (C=O) groups is 1. The highest BCUT2D eigenvalue weighted by Crippen LogP contribution is 2.25. The summed E-state index contributed by atoms with van der Waals surface area (Å²) in [6.07, 6.45) is 6.59. The highest BCUT2D eigenvalue weighted by molar-refractivity contribution is 5.76. The van der Waals surface area contributed by atoms with Crippen molar-refractivity contribution in [3.63, 3.8) is 0 Å². The van der Waals surface area contributed by atoms with Gasteiger partial charge in [-0.05, 0) is 24.5 Å². The first-order valence-electron chi connectivity index (χ1n) is 6.95. The van der Waals surface area contributed by atoms with E-state index in [1.54, 1.807) is 0 Å². The second kappa shape index (κ2) is 7.91. The number of hydrogen-bond acceptors (Lipinski definition) is 1. The SMILES string of the molecule is CCCCCCCC(C(=O)O)c1ccccc1C. The Hall–Kier alpha value is -1.31. The fraction of sp³-hybridized carbons (Fsp3) is 0.562. The van der Waals surface area contributed by atoms with Crippen LogP contribution in [0.5, 0.6) is 0 Å². The van der Waals surface area contributed by atoms with Crippen LogP contribution in [0.15, 0.2) is 24.3 Å². The maximum Gasteiger partial charge on any atom is 0.310 e. The van der Waals surface area contributed by atoms with Crippen molar-refractivity contribution in [2.75, 3.05) is 0 Å². The molecule has 1 N–H and O–H groups in total. The van der Waals surface area contributed by atoms with Crippen molar-refractivity contribution in [2.24, 2.45) is 0 Å². The monoisotopic (exact) mass is 248 g/mol. The third kappa shape index (κ3) is 4.52. The molecule has 2 heteroatoms. The normalized spacial score (nSPS) is 12.3. The molecule has 0 aromatic heterocycles. The molecule has 0 aliphatic rings. The molecule has 0 aliphatic heterocycles. The minimum absolute atomic E-state index is 0.340. The maximum absolute atomic E-state index is 11.4. The van der Waals surface area contributed by atoms with Gasteiger partial charge in [0, 0.05) is 0 Å². The van der Waals surface area contributed by atoms with Crippen LogP contribution < -0.4 is 0 Å². The first kappa shape index (κ1) is 14.7. The Bertz CT molecular complexity index is 371. The number of carboxylic acids is 1. The third-order valence-corrected chi connectivity index (χ3v) is 3.46. The number of benzene rings is 1. The lowest BCUT2D eigenvalue weighted by molar-refractivity contribution is -0.139. The van der Waals surface area contributed by atoms with E-state index in [0.717, 1.165) is 30.4 Å². The van der Waals surface area contributed by atoms with Crippen molar-refractivity contribution in [1.82, 2.24) is 0 Å². The van der Waals surface area contributed by atoms with Crippen LogP contribution in [-0.4, -0.2) is 11.1 Å². The van der Waals surface area contributed by atoms with Crippen LogP contribution in [0.1, 0.15) is 62.5 Å². The van der Waals surface area contributed by atoms with Gasteiger partial charge in [0.05, 0.1) is 5.92 Å². The van der Waals surface area contributed by atoms with Crippen molar-refractivity contribution in [3.8, 4) is 0 Å². The van der Waals surface area contributed by atoms with Crippen LogP contribution >= 0.6 is 0 Å². The summed E-state index contributed by atoms with van der Waals surface area (Å²) in [6, 6.07) is 7.82. The lowest BCUT2D eigenvalue weighted by Gasteiger charge is -2.15. The van der Waals surface area contributed by atoms with Crippen LogP contribution in [-0.2, 0) is 4.79 Å². The predicted molar refractivity (Wildman–Crippen MR) is 74.9 cm³/mol. The molecule has 1 rings (SSSR count). The first-order valence-corrected chi connectivity index (χ1v) is 6.95. The molecule has 0 radical (unpaired) electrons. The molecule has 0 aliphatic carbocycles. The van der Waals surface area contributed by atoms with Crippen molar-refractivity contribution in [3.05, 3.63) is 35.4 Å². The second-order valence-electron chi connectivity index (χ2n) is 4.95. The van der Waals surface area contributed by atoms with E-state index in [9.17, 15) is 9.90 Å². The Morgan fingerprint density at radius 3 is 2.44 bits per heavy atom. The smallest absolute Gasteiger partial charge is 0.310 e. The molecular formula is C16H24O2. The van der Waals surface area contributed by atoms with E-state index in [-0.39, 0.29) is 5.92 Å². The van der Waals surface area contributed by atoms with Gasteiger partial charge < -0.3 is 5.11 Å². The highest BCUT2D eigenvalue weighted by Gasteiger charge is 2.20. The van der Waals surface area contributed by atoms with Crippen LogP contribution in [0.25, 0.3) is 0 Å². The molecule has 0 saturated carbocycles. The zero-order valence-electron chi connectivity index (χ0n) is 11.5. The van der Waals surface area contributed by atoms with Gasteiger partial charge in [-0.3, -0.25) is 4.79 Å². The number of carboxylic acid groups (broad SMARTS) is 1. The molecule has 1 aromatic carbocycles. The Morgan fingerprint density at radius 2 is 1.83 bits per heavy atom. The van der Waals surface area contributed by atoms with E-state index >= 15 is 0 Å². The van der Waals surface area contributed by atoms with E-state index in [1.165, 1.54) is 19.3 Å². The summed E-state index contributed by atoms with van der Waals surface area (Å²) in [5.41, 5.74) is 2.05. The number of hydrogen-bond donors (Lipinski definition) is 1. The Balaban J connectivity index is 2.56. The van der Waals surface area contributed by atoms with E-state index in [1.807, 2.05) is 31.2 Å². The predicted octanol–water partition coefficient (Wildman–Crippen LogP) is 4.52. The second-order valence-corrected chi connectivity index (χ2v) is 4.95. The number of unbranched alkanes of at least 4 members (excludes halogenated alkanes) is 4. The number of aryl methyl sites for hydroxylation is 1. The van der Waals surface area contributed by atoms with Gasteiger partial charge in [0.1, 0.15) is 0 Å². The van der Waals surface area contributed by atoms with Crippen LogP contribution in [0, 0.1) is 6.92 Å². The van der Waals surface area contributed by atoms with E-state index in [0.29, 0.717) is 0 Å². The zero-order chi connectivity index (χ0) is 13.4. The minimum atomic E-state index is -0.695. The molecule has 0 heterocycles. The van der Waals surface area contributed by atoms with E-state index in [2.05, 4.69) is 6.92 Å². The van der Waals surface area contributed by atoms with Gasteiger partial charge in [-0.1, -0.05) is 63.3 Å². The minimum Gasteiger partial charge on any atom is -0.481 e. The number of aliphatic carboxylic acids is 1. The van der Waals surface area contributed by atoms with Gasteiger partial charge in [-0.2, -0.15) is 0 Å². The van der Waals surface area contributed by atoms with Crippen molar-refractivity contribution in [1.29, 1.82) is 0 Å². The lowest BCUT2D eigenvalue weighted by Crippen LogP contribution is -2.12. The summed E-state index contributed by atoms with van der Waals surface area (Å²) < 4.78 is 0. The number of rotatable bonds is 8. The lowest BCUT2D eigenvalue weighted by atomic mass is 9.90. The molecule has 1 aromatic rings. The Kier molecular flexibility index (Phi) is 6.48. The zero-order valence-corrected chi connectivity index (χ0v) is 11.5. The highest BCUT2D eigenvalue weighted by atomic mass is 16.4. The molecule has 2 nitrogen and oxygen atoms in total. The standard InChI is InChI=1S/C16H24O2/c1-3-4-5-6-7-12-15(16(17)18)14-11-9-8-10-13(14)2/h8-11,15H,3-7,12H2,1-2H3,(H,17,18). The molecule has 0 saturated heterocycles. The van der Waals surface area contributed by atoms with Gasteiger partial charge in [-0.25, -0.2) is 0 Å². The topological polar surface area (TPSA) is 37.3 Å². The van der Waals surface area contributed by atoms with Crippen molar-refractivity contribution >= 4 is 5.97 Å². The van der Waals surface area contributed by atoms with Crippen LogP contribution in [0.4, 0.5) is 0 Å². The van der Waals surface area contributed by atoms with Crippen LogP contribution in [0.3, 0.4) is 0 Å². The van der Waals surface area contributed by atoms with Gasteiger partial charge in [0.2, 0.25) is 0 Å². The maximum atomic E-state index is 11.4.